The average Bonchev–Trinajstić information content (AvgIpc) is 1.87. The molecule has 0 aliphatic carbocycles. The molecule has 0 aromatic carbocycles. The lowest BCUT2D eigenvalue weighted by Crippen LogP contribution is -1.80. The lowest BCUT2D eigenvalue weighted by atomic mass is 10.2. The maximum absolute atomic E-state index is 2.27. The van der Waals surface area contributed by atoms with E-state index in [4.69, 9.17) is 0 Å². The van der Waals surface area contributed by atoms with E-state index in [0.717, 1.165) is 5.25 Å². The minimum Gasteiger partial charge on any atom is -0.132 e. The Morgan fingerprint density at radius 3 is 2.60 bits per heavy atom. The molecule has 0 aliphatic rings. The van der Waals surface area contributed by atoms with Crippen molar-refractivity contribution in [2.75, 3.05) is 0 Å². The Bertz CT molecular complexity index is 84.7. The highest BCUT2D eigenvalue weighted by Gasteiger charge is 1.86. The lowest BCUT2D eigenvalue weighted by Gasteiger charge is -1.95. The van der Waals surface area contributed by atoms with E-state index < -0.39 is 0 Å². The molecule has 0 unspecified atom stereocenters. The SMILES string of the molecule is CCCC/C=C\SC(C)C. The fraction of sp³-hybridized carbons (Fsp3) is 0.778. The number of hydrogen-bond donors (Lipinski definition) is 0. The van der Waals surface area contributed by atoms with Gasteiger partial charge in [0.05, 0.1) is 0 Å². The summed E-state index contributed by atoms with van der Waals surface area (Å²) in [4.78, 5) is 0. The summed E-state index contributed by atoms with van der Waals surface area (Å²) >= 11 is 1.90. The first-order valence-electron chi connectivity index (χ1n) is 4.07. The first-order chi connectivity index (χ1) is 4.77. The molecule has 0 fully saturated rings. The second-order valence-corrected chi connectivity index (χ2v) is 4.19. The summed E-state index contributed by atoms with van der Waals surface area (Å²) in [5.41, 5.74) is 0. The van der Waals surface area contributed by atoms with E-state index in [2.05, 4.69) is 32.3 Å². The molecule has 1 heteroatoms. The van der Waals surface area contributed by atoms with Crippen LogP contribution in [0.4, 0.5) is 0 Å². The van der Waals surface area contributed by atoms with Crippen molar-refractivity contribution in [2.24, 2.45) is 0 Å². The molecule has 0 N–H and O–H groups in total. The van der Waals surface area contributed by atoms with Gasteiger partial charge in [-0.1, -0.05) is 39.7 Å². The minimum absolute atomic E-state index is 0.734. The molecular formula is C9H18S. The molecule has 0 heterocycles. The van der Waals surface area contributed by atoms with E-state index in [9.17, 15) is 0 Å². The van der Waals surface area contributed by atoms with E-state index in [0.29, 0.717) is 0 Å². The summed E-state index contributed by atoms with van der Waals surface area (Å²) in [6, 6.07) is 0. The van der Waals surface area contributed by atoms with Crippen molar-refractivity contribution >= 4 is 11.8 Å². The van der Waals surface area contributed by atoms with Gasteiger partial charge in [0, 0.05) is 5.25 Å². The first-order valence-corrected chi connectivity index (χ1v) is 5.02. The van der Waals surface area contributed by atoms with Crippen molar-refractivity contribution in [3.05, 3.63) is 11.5 Å². The molecule has 0 rings (SSSR count). The molecule has 0 amide bonds. The Balaban J connectivity index is 3.04. The summed E-state index contributed by atoms with van der Waals surface area (Å²) in [5, 5.41) is 2.96. The summed E-state index contributed by atoms with van der Waals surface area (Å²) in [5.74, 6) is 0. The van der Waals surface area contributed by atoms with Crippen LogP contribution in [-0.2, 0) is 0 Å². The molecule has 0 aromatic heterocycles. The highest BCUT2D eigenvalue weighted by Crippen LogP contribution is 2.11. The van der Waals surface area contributed by atoms with Crippen LogP contribution in [0.5, 0.6) is 0 Å². The molecule has 0 aliphatic heterocycles. The lowest BCUT2D eigenvalue weighted by molar-refractivity contribution is 0.815. The largest absolute Gasteiger partial charge is 0.132 e. The van der Waals surface area contributed by atoms with Gasteiger partial charge in [-0.05, 0) is 11.8 Å². The van der Waals surface area contributed by atoms with Gasteiger partial charge in [-0.25, -0.2) is 0 Å². The number of unbranched alkanes of at least 4 members (excludes halogenated alkanes) is 2. The molecule has 60 valence electrons. The van der Waals surface area contributed by atoms with Gasteiger partial charge < -0.3 is 0 Å². The summed E-state index contributed by atoms with van der Waals surface area (Å²) < 4.78 is 0. The Morgan fingerprint density at radius 1 is 1.40 bits per heavy atom. The maximum Gasteiger partial charge on any atom is 0.00316 e. The monoisotopic (exact) mass is 158 g/mol. The molecule has 10 heavy (non-hydrogen) atoms. The van der Waals surface area contributed by atoms with Crippen molar-refractivity contribution in [3.8, 4) is 0 Å². The second kappa shape index (κ2) is 7.20. The van der Waals surface area contributed by atoms with Crippen LogP contribution in [0.2, 0.25) is 0 Å². The standard InChI is InChI=1S/C9H18S/c1-4-5-6-7-8-10-9(2)3/h7-9H,4-6H2,1-3H3/b8-7-. The van der Waals surface area contributed by atoms with Crippen molar-refractivity contribution in [2.45, 2.75) is 45.3 Å². The Labute approximate surface area is 69.1 Å². The van der Waals surface area contributed by atoms with Crippen LogP contribution >= 0.6 is 11.8 Å². The van der Waals surface area contributed by atoms with Gasteiger partial charge in [0.25, 0.3) is 0 Å². The van der Waals surface area contributed by atoms with Gasteiger partial charge in [0.2, 0.25) is 0 Å². The van der Waals surface area contributed by atoms with Gasteiger partial charge in [-0.15, -0.1) is 11.8 Å². The Hall–Kier alpha value is 0.0900. The Morgan fingerprint density at radius 2 is 2.10 bits per heavy atom. The fourth-order valence-electron chi connectivity index (χ4n) is 0.603. The molecule has 0 spiro atoms. The summed E-state index contributed by atoms with van der Waals surface area (Å²) in [6.07, 6.45) is 6.15. The van der Waals surface area contributed by atoms with E-state index >= 15 is 0 Å². The first kappa shape index (κ1) is 10.1. The third-order valence-corrected chi connectivity index (χ3v) is 2.07. The number of thioether (sulfide) groups is 1. The smallest absolute Gasteiger partial charge is 0.00316 e. The molecule has 0 aromatic rings. The van der Waals surface area contributed by atoms with Crippen LogP contribution in [0.1, 0.15) is 40.0 Å². The number of hydrogen-bond acceptors (Lipinski definition) is 1. The van der Waals surface area contributed by atoms with Gasteiger partial charge in [0.15, 0.2) is 0 Å². The van der Waals surface area contributed by atoms with Gasteiger partial charge in [0.1, 0.15) is 0 Å². The zero-order valence-electron chi connectivity index (χ0n) is 7.26. The Kier molecular flexibility index (Phi) is 7.26. The van der Waals surface area contributed by atoms with Crippen LogP contribution in [0.15, 0.2) is 11.5 Å². The van der Waals surface area contributed by atoms with Crippen molar-refractivity contribution < 1.29 is 0 Å². The molecule has 0 saturated carbocycles. The predicted molar refractivity (Wildman–Crippen MR) is 51.4 cm³/mol. The second-order valence-electron chi connectivity index (χ2n) is 2.70. The highest BCUT2D eigenvalue weighted by atomic mass is 32.2. The number of rotatable bonds is 5. The predicted octanol–water partition coefficient (Wildman–Crippen LogP) is 3.83. The van der Waals surface area contributed by atoms with E-state index in [1.165, 1.54) is 19.3 Å². The summed E-state index contributed by atoms with van der Waals surface area (Å²) in [7, 11) is 0. The minimum atomic E-state index is 0.734. The van der Waals surface area contributed by atoms with E-state index in [-0.39, 0.29) is 0 Å². The van der Waals surface area contributed by atoms with Crippen LogP contribution in [0.3, 0.4) is 0 Å². The molecule has 0 bridgehead atoms. The normalized spacial score (nSPS) is 11.6. The quantitative estimate of drug-likeness (QED) is 0.548. The highest BCUT2D eigenvalue weighted by molar-refractivity contribution is 8.02. The zero-order valence-corrected chi connectivity index (χ0v) is 8.08. The topological polar surface area (TPSA) is 0 Å². The number of allylic oxidation sites excluding steroid dienone is 1. The zero-order chi connectivity index (χ0) is 7.82. The third-order valence-electron chi connectivity index (χ3n) is 1.17. The molecule has 0 saturated heterocycles. The van der Waals surface area contributed by atoms with E-state index in [1.807, 2.05) is 11.8 Å². The van der Waals surface area contributed by atoms with Crippen molar-refractivity contribution in [1.82, 2.24) is 0 Å². The molecule has 0 nitrogen and oxygen atoms in total. The third kappa shape index (κ3) is 8.09. The van der Waals surface area contributed by atoms with Crippen LogP contribution < -0.4 is 0 Å². The molecule has 0 atom stereocenters. The maximum atomic E-state index is 2.27. The van der Waals surface area contributed by atoms with Gasteiger partial charge >= 0.3 is 0 Å². The van der Waals surface area contributed by atoms with E-state index in [1.54, 1.807) is 0 Å². The molecule has 0 radical (unpaired) electrons. The van der Waals surface area contributed by atoms with Crippen LogP contribution in [-0.4, -0.2) is 5.25 Å². The summed E-state index contributed by atoms with van der Waals surface area (Å²) in [6.45, 7) is 6.66. The van der Waals surface area contributed by atoms with Crippen LogP contribution in [0.25, 0.3) is 0 Å². The van der Waals surface area contributed by atoms with Crippen LogP contribution in [0, 0.1) is 0 Å². The average molecular weight is 158 g/mol. The van der Waals surface area contributed by atoms with Gasteiger partial charge in [-0.2, -0.15) is 0 Å². The fourth-order valence-corrected chi connectivity index (χ4v) is 1.16. The van der Waals surface area contributed by atoms with Gasteiger partial charge in [-0.3, -0.25) is 0 Å². The van der Waals surface area contributed by atoms with Crippen molar-refractivity contribution in [1.29, 1.82) is 0 Å². The van der Waals surface area contributed by atoms with Crippen molar-refractivity contribution in [3.63, 3.8) is 0 Å². The molecular weight excluding hydrogens is 140 g/mol.